The Labute approximate surface area is 201 Å². The van der Waals surface area contributed by atoms with Gasteiger partial charge in [0.25, 0.3) is 11.1 Å². The first-order valence-electron chi connectivity index (χ1n) is 10.7. The number of aryl methyl sites for hydroxylation is 3. The smallest absolute Gasteiger partial charge is 0.294 e. The summed E-state index contributed by atoms with van der Waals surface area (Å²) in [5.41, 5.74) is 6.41. The number of nitrogens with one attached hydrogen (secondary N) is 1. The van der Waals surface area contributed by atoms with Crippen LogP contribution in [0.1, 0.15) is 28.1 Å². The monoisotopic (exact) mass is 477 g/mol. The number of anilines is 1. The second kappa shape index (κ2) is 9.30. The molecule has 0 unspecified atom stereocenters. The van der Waals surface area contributed by atoms with E-state index in [9.17, 15) is 18.8 Å². The molecule has 1 saturated heterocycles. The number of nitrogens with zero attached hydrogens (tertiary/aromatic N) is 2. The van der Waals surface area contributed by atoms with Crippen LogP contribution in [0.2, 0.25) is 0 Å². The molecule has 174 valence electrons. The highest BCUT2D eigenvalue weighted by atomic mass is 32.2. The third-order valence-corrected chi connectivity index (χ3v) is 6.61. The van der Waals surface area contributed by atoms with Crippen molar-refractivity contribution >= 4 is 40.6 Å². The van der Waals surface area contributed by atoms with E-state index in [0.717, 1.165) is 56.5 Å². The van der Waals surface area contributed by atoms with E-state index in [1.165, 1.54) is 18.2 Å². The largest absolute Gasteiger partial charge is 0.324 e. The molecule has 2 heterocycles. The van der Waals surface area contributed by atoms with E-state index in [0.29, 0.717) is 0 Å². The summed E-state index contributed by atoms with van der Waals surface area (Å²) in [4.78, 5) is 38.9. The molecule has 34 heavy (non-hydrogen) atoms. The van der Waals surface area contributed by atoms with E-state index in [1.807, 2.05) is 26.0 Å². The van der Waals surface area contributed by atoms with Gasteiger partial charge in [0.15, 0.2) is 0 Å². The maximum atomic E-state index is 13.3. The molecular weight excluding hydrogens is 453 g/mol. The number of para-hydroxylation sites is 1. The molecule has 0 saturated carbocycles. The van der Waals surface area contributed by atoms with Crippen LogP contribution in [0, 0.1) is 33.5 Å². The lowest BCUT2D eigenvalue weighted by Crippen LogP contribution is -2.36. The van der Waals surface area contributed by atoms with Crippen molar-refractivity contribution in [1.82, 2.24) is 9.47 Å². The van der Waals surface area contributed by atoms with Gasteiger partial charge in [-0.15, -0.1) is 0 Å². The fourth-order valence-electron chi connectivity index (χ4n) is 4.12. The van der Waals surface area contributed by atoms with Crippen molar-refractivity contribution in [3.63, 3.8) is 0 Å². The molecule has 1 N–H and O–H groups in total. The molecule has 1 aromatic heterocycles. The number of halogens is 1. The summed E-state index contributed by atoms with van der Waals surface area (Å²) in [5.74, 6) is -1.60. The average Bonchev–Trinajstić information content (AvgIpc) is 3.18. The van der Waals surface area contributed by atoms with Crippen molar-refractivity contribution in [3.8, 4) is 5.69 Å². The van der Waals surface area contributed by atoms with Crippen LogP contribution in [0.25, 0.3) is 11.8 Å². The molecule has 1 aliphatic heterocycles. The number of carbonyl (C=O) groups excluding carboxylic acids is 3. The van der Waals surface area contributed by atoms with Crippen molar-refractivity contribution in [2.24, 2.45) is 0 Å². The zero-order valence-electron chi connectivity index (χ0n) is 19.3. The second-order valence-corrected chi connectivity index (χ2v) is 9.22. The Bertz CT molecular complexity index is 1340. The van der Waals surface area contributed by atoms with Gasteiger partial charge in [-0.2, -0.15) is 0 Å². The first kappa shape index (κ1) is 23.5. The molecule has 1 fully saturated rings. The number of hydrogen-bond donors (Lipinski definition) is 1. The van der Waals surface area contributed by atoms with E-state index in [1.54, 1.807) is 6.08 Å². The summed E-state index contributed by atoms with van der Waals surface area (Å²) in [6, 6.07) is 13.5. The maximum Gasteiger partial charge on any atom is 0.294 e. The van der Waals surface area contributed by atoms with E-state index in [4.69, 9.17) is 0 Å². The Balaban J connectivity index is 1.56. The molecule has 0 spiro atoms. The maximum absolute atomic E-state index is 13.3. The van der Waals surface area contributed by atoms with Gasteiger partial charge in [0.1, 0.15) is 12.4 Å². The van der Waals surface area contributed by atoms with Gasteiger partial charge in [0.2, 0.25) is 5.91 Å². The number of carbonyl (C=O) groups is 3. The molecule has 3 amide bonds. The highest BCUT2D eigenvalue weighted by Crippen LogP contribution is 2.34. The number of aromatic nitrogens is 1. The third kappa shape index (κ3) is 4.54. The van der Waals surface area contributed by atoms with Crippen LogP contribution in [0.3, 0.4) is 0 Å². The molecule has 0 aliphatic carbocycles. The predicted molar refractivity (Wildman–Crippen MR) is 132 cm³/mol. The van der Waals surface area contributed by atoms with Gasteiger partial charge in [-0.25, -0.2) is 4.39 Å². The predicted octanol–water partition coefficient (Wildman–Crippen LogP) is 5.53. The minimum atomic E-state index is -0.581. The summed E-state index contributed by atoms with van der Waals surface area (Å²) in [6.07, 6.45) is 1.70. The highest BCUT2D eigenvalue weighted by Gasteiger charge is 2.36. The lowest BCUT2D eigenvalue weighted by atomic mass is 10.1. The number of benzene rings is 2. The van der Waals surface area contributed by atoms with Crippen molar-refractivity contribution < 1.29 is 18.8 Å². The average molecular weight is 478 g/mol. The second-order valence-electron chi connectivity index (χ2n) is 8.23. The standard InChI is InChI=1S/C26H24FN3O3S/c1-15-7-5-8-16(2)24(15)30-17(3)11-19(18(30)4)12-22-25(32)29(26(33)34-22)14-23(31)28-21-10-6-9-20(27)13-21/h5-13H,14H2,1-4H3,(H,28,31)/b22-12+. The number of amides is 3. The summed E-state index contributed by atoms with van der Waals surface area (Å²) in [7, 11) is 0. The summed E-state index contributed by atoms with van der Waals surface area (Å²) in [5, 5.41) is 1.99. The Hall–Kier alpha value is -3.65. The van der Waals surface area contributed by atoms with E-state index < -0.39 is 29.4 Å². The van der Waals surface area contributed by atoms with Crippen LogP contribution in [0.5, 0.6) is 0 Å². The Morgan fingerprint density at radius 1 is 1.03 bits per heavy atom. The van der Waals surface area contributed by atoms with Gasteiger partial charge in [0.05, 0.1) is 10.6 Å². The van der Waals surface area contributed by atoms with Crippen LogP contribution in [-0.4, -0.2) is 33.1 Å². The van der Waals surface area contributed by atoms with Crippen molar-refractivity contribution in [1.29, 1.82) is 0 Å². The summed E-state index contributed by atoms with van der Waals surface area (Å²) >= 11 is 0.803. The van der Waals surface area contributed by atoms with Crippen LogP contribution < -0.4 is 5.32 Å². The molecule has 0 bridgehead atoms. The van der Waals surface area contributed by atoms with Gasteiger partial charge in [-0.1, -0.05) is 24.3 Å². The first-order chi connectivity index (χ1) is 16.2. The molecule has 0 atom stereocenters. The van der Waals surface area contributed by atoms with Crippen LogP contribution in [-0.2, 0) is 9.59 Å². The fraction of sp³-hybridized carbons (Fsp3) is 0.192. The molecule has 3 aromatic rings. The molecule has 2 aromatic carbocycles. The molecule has 0 radical (unpaired) electrons. The number of hydrogen-bond acceptors (Lipinski definition) is 4. The zero-order chi connectivity index (χ0) is 24.6. The van der Waals surface area contributed by atoms with Crippen LogP contribution in [0.4, 0.5) is 14.9 Å². The molecule has 1 aliphatic rings. The van der Waals surface area contributed by atoms with Crippen molar-refractivity contribution in [2.75, 3.05) is 11.9 Å². The summed E-state index contributed by atoms with van der Waals surface area (Å²) in [6.45, 7) is 7.64. The van der Waals surface area contributed by atoms with Gasteiger partial charge in [-0.05, 0) is 86.5 Å². The molecule has 6 nitrogen and oxygen atoms in total. The quantitative estimate of drug-likeness (QED) is 0.491. The topological polar surface area (TPSA) is 71.4 Å². The van der Waals surface area contributed by atoms with Crippen molar-refractivity contribution in [2.45, 2.75) is 27.7 Å². The lowest BCUT2D eigenvalue weighted by Gasteiger charge is -2.15. The summed E-state index contributed by atoms with van der Waals surface area (Å²) < 4.78 is 15.5. The van der Waals surface area contributed by atoms with Gasteiger partial charge < -0.3 is 9.88 Å². The highest BCUT2D eigenvalue weighted by molar-refractivity contribution is 8.18. The Kier molecular flexibility index (Phi) is 6.43. The van der Waals surface area contributed by atoms with Gasteiger partial charge in [0, 0.05) is 17.1 Å². The third-order valence-electron chi connectivity index (χ3n) is 5.70. The normalized spacial score (nSPS) is 14.9. The molecule has 8 heteroatoms. The Morgan fingerprint density at radius 3 is 2.38 bits per heavy atom. The fourth-order valence-corrected chi connectivity index (χ4v) is 4.95. The Morgan fingerprint density at radius 2 is 1.71 bits per heavy atom. The van der Waals surface area contributed by atoms with Crippen LogP contribution >= 0.6 is 11.8 Å². The first-order valence-corrected chi connectivity index (χ1v) is 11.5. The number of rotatable bonds is 5. The van der Waals surface area contributed by atoms with Gasteiger partial charge >= 0.3 is 0 Å². The lowest BCUT2D eigenvalue weighted by molar-refractivity contribution is -0.127. The van der Waals surface area contributed by atoms with Crippen LogP contribution in [0.15, 0.2) is 53.4 Å². The minimum absolute atomic E-state index is 0.255. The number of imide groups is 1. The van der Waals surface area contributed by atoms with E-state index >= 15 is 0 Å². The zero-order valence-corrected chi connectivity index (χ0v) is 20.1. The molecule has 4 rings (SSSR count). The van der Waals surface area contributed by atoms with E-state index in [-0.39, 0.29) is 10.6 Å². The molecular formula is C26H24FN3O3S. The van der Waals surface area contributed by atoms with E-state index in [2.05, 4.69) is 35.9 Å². The van der Waals surface area contributed by atoms with Crippen molar-refractivity contribution in [3.05, 3.63) is 87.3 Å². The SMILES string of the molecule is Cc1cccc(C)c1-n1c(C)cc(/C=C2/SC(=O)N(CC(=O)Nc3cccc(F)c3)C2=O)c1C. The minimum Gasteiger partial charge on any atom is -0.324 e. The number of thioether (sulfide) groups is 1. The van der Waals surface area contributed by atoms with Gasteiger partial charge in [-0.3, -0.25) is 19.3 Å².